The Kier molecular flexibility index (Phi) is 2.84. The highest BCUT2D eigenvalue weighted by Crippen LogP contribution is 2.16. The molecule has 0 unspecified atom stereocenters. The predicted molar refractivity (Wildman–Crippen MR) is 45.1 cm³/mol. The average molecular weight is 182 g/mol. The number of carbonyl (C=O) groups excluding carboxylic acids is 2. The van der Waals surface area contributed by atoms with Gasteiger partial charge in [-0.25, -0.2) is 4.79 Å². The number of hydrogen-bond donors (Lipinski definition) is 1. The first-order chi connectivity index (χ1) is 6.16. The lowest BCUT2D eigenvalue weighted by molar-refractivity contribution is -0.141. The summed E-state index contributed by atoms with van der Waals surface area (Å²) in [4.78, 5) is 22.0. The normalized spacial score (nSPS) is 19.0. The first-order valence-corrected chi connectivity index (χ1v) is 3.97. The highest BCUT2D eigenvalue weighted by Gasteiger charge is 2.21. The molecule has 0 spiro atoms. The van der Waals surface area contributed by atoms with Gasteiger partial charge in [-0.05, 0) is 19.4 Å². The lowest BCUT2D eigenvalue weighted by Gasteiger charge is -2.02. The number of carbonyl (C=O) groups is 2. The zero-order valence-corrected chi connectivity index (χ0v) is 7.24. The number of ketones is 1. The zero-order valence-electron chi connectivity index (χ0n) is 7.24. The molecule has 0 aliphatic heterocycles. The molecule has 70 valence electrons. The minimum absolute atomic E-state index is 0.110. The lowest BCUT2D eigenvalue weighted by atomic mass is 10.1. The molecule has 13 heavy (non-hydrogen) atoms. The minimum atomic E-state index is -0.838. The molecule has 0 heterocycles. The van der Waals surface area contributed by atoms with Crippen LogP contribution in [-0.4, -0.2) is 23.5 Å². The highest BCUT2D eigenvalue weighted by atomic mass is 16.5. The number of aliphatic hydroxyl groups is 1. The van der Waals surface area contributed by atoms with E-state index in [9.17, 15) is 14.7 Å². The molecule has 0 aromatic carbocycles. The van der Waals surface area contributed by atoms with Gasteiger partial charge in [0.1, 0.15) is 0 Å². The van der Waals surface area contributed by atoms with E-state index in [-0.39, 0.29) is 18.0 Å². The summed E-state index contributed by atoms with van der Waals surface area (Å²) in [6.45, 7) is 1.81. The van der Waals surface area contributed by atoms with E-state index >= 15 is 0 Å². The fourth-order valence-corrected chi connectivity index (χ4v) is 1.02. The Balaban J connectivity index is 2.80. The van der Waals surface area contributed by atoms with E-state index in [0.717, 1.165) is 0 Å². The Hall–Kier alpha value is -1.58. The molecule has 4 heteroatoms. The highest BCUT2D eigenvalue weighted by molar-refractivity contribution is 6.10. The first kappa shape index (κ1) is 9.51. The smallest absolute Gasteiger partial charge is 0.373 e. The van der Waals surface area contributed by atoms with Crippen molar-refractivity contribution < 1.29 is 19.4 Å². The second-order valence-electron chi connectivity index (χ2n) is 2.52. The van der Waals surface area contributed by atoms with Crippen molar-refractivity contribution in [1.82, 2.24) is 0 Å². The molecular formula is C9H10O4. The first-order valence-electron chi connectivity index (χ1n) is 3.97. The molecule has 0 saturated carbocycles. The molecule has 1 rings (SSSR count). The van der Waals surface area contributed by atoms with E-state index in [1.807, 2.05) is 0 Å². The number of hydrogen-bond acceptors (Lipinski definition) is 4. The summed E-state index contributed by atoms with van der Waals surface area (Å²) in [5.41, 5.74) is 0.110. The van der Waals surface area contributed by atoms with Crippen molar-refractivity contribution in [1.29, 1.82) is 0 Å². The van der Waals surface area contributed by atoms with Crippen molar-refractivity contribution >= 4 is 11.8 Å². The monoisotopic (exact) mass is 182 g/mol. The van der Waals surface area contributed by atoms with Crippen molar-refractivity contribution in [3.05, 3.63) is 23.5 Å². The third-order valence-corrected chi connectivity index (χ3v) is 1.64. The second kappa shape index (κ2) is 3.89. The molecule has 1 aliphatic carbocycles. The van der Waals surface area contributed by atoms with E-state index in [1.54, 1.807) is 13.0 Å². The fraction of sp³-hybridized carbons (Fsp3) is 0.333. The SMILES string of the molecule is CCOC(=O)/C(O)=C1\CC=CC1=O. The van der Waals surface area contributed by atoms with Crippen molar-refractivity contribution in [3.63, 3.8) is 0 Å². The van der Waals surface area contributed by atoms with Gasteiger partial charge in [-0.3, -0.25) is 4.79 Å². The molecule has 0 atom stereocenters. The molecule has 0 fully saturated rings. The van der Waals surface area contributed by atoms with Crippen molar-refractivity contribution in [2.45, 2.75) is 13.3 Å². The zero-order chi connectivity index (χ0) is 9.84. The molecule has 1 N–H and O–H groups in total. The summed E-state index contributed by atoms with van der Waals surface area (Å²) < 4.78 is 4.54. The number of ether oxygens (including phenoxy) is 1. The van der Waals surface area contributed by atoms with Crippen LogP contribution in [0.3, 0.4) is 0 Å². The van der Waals surface area contributed by atoms with Gasteiger partial charge in [-0.1, -0.05) is 6.08 Å². The third kappa shape index (κ3) is 1.96. The largest absolute Gasteiger partial charge is 0.502 e. The third-order valence-electron chi connectivity index (χ3n) is 1.64. The number of esters is 1. The van der Waals surface area contributed by atoms with Gasteiger partial charge in [0, 0.05) is 0 Å². The van der Waals surface area contributed by atoms with Gasteiger partial charge in [-0.2, -0.15) is 0 Å². The molecular weight excluding hydrogens is 172 g/mol. The molecule has 4 nitrogen and oxygen atoms in total. The van der Waals surface area contributed by atoms with Gasteiger partial charge in [0.25, 0.3) is 0 Å². The van der Waals surface area contributed by atoms with E-state index < -0.39 is 11.7 Å². The quantitative estimate of drug-likeness (QED) is 0.391. The van der Waals surface area contributed by atoms with Crippen LogP contribution in [0.4, 0.5) is 0 Å². The maximum atomic E-state index is 11.0. The van der Waals surface area contributed by atoms with Crippen LogP contribution in [-0.2, 0) is 14.3 Å². The van der Waals surface area contributed by atoms with Crippen molar-refractivity contribution in [2.75, 3.05) is 6.61 Å². The Labute approximate surface area is 75.5 Å². The standard InChI is InChI=1S/C9H10O4/c1-2-13-9(12)8(11)6-4-3-5-7(6)10/h3,5,11H,2,4H2,1H3/b8-6-. The van der Waals surface area contributed by atoms with Gasteiger partial charge < -0.3 is 9.84 Å². The van der Waals surface area contributed by atoms with Crippen LogP contribution in [0.15, 0.2) is 23.5 Å². The predicted octanol–water partition coefficient (Wildman–Crippen LogP) is 0.891. The summed E-state index contributed by atoms with van der Waals surface area (Å²) in [5, 5.41) is 9.26. The van der Waals surface area contributed by atoms with Gasteiger partial charge in [0.05, 0.1) is 12.2 Å². The van der Waals surface area contributed by atoms with Gasteiger partial charge in [0.2, 0.25) is 5.76 Å². The van der Waals surface area contributed by atoms with Crippen LogP contribution in [0.1, 0.15) is 13.3 Å². The molecule has 0 radical (unpaired) electrons. The number of rotatable bonds is 2. The van der Waals surface area contributed by atoms with E-state index in [1.165, 1.54) is 6.08 Å². The van der Waals surface area contributed by atoms with E-state index in [4.69, 9.17) is 0 Å². The van der Waals surface area contributed by atoms with Crippen LogP contribution >= 0.6 is 0 Å². The van der Waals surface area contributed by atoms with Gasteiger partial charge >= 0.3 is 5.97 Å². The molecule has 1 aliphatic rings. The summed E-state index contributed by atoms with van der Waals surface area (Å²) in [6, 6.07) is 0. The van der Waals surface area contributed by atoms with Crippen LogP contribution in [0.5, 0.6) is 0 Å². The maximum Gasteiger partial charge on any atom is 0.373 e. The Morgan fingerprint density at radius 2 is 2.38 bits per heavy atom. The minimum Gasteiger partial charge on any atom is -0.502 e. The Morgan fingerprint density at radius 3 is 2.85 bits per heavy atom. The van der Waals surface area contributed by atoms with E-state index in [0.29, 0.717) is 6.42 Å². The summed E-state index contributed by atoms with van der Waals surface area (Å²) in [5.74, 6) is -1.74. The van der Waals surface area contributed by atoms with E-state index in [2.05, 4.69) is 4.74 Å². The molecule has 0 bridgehead atoms. The molecule has 0 aromatic heterocycles. The lowest BCUT2D eigenvalue weighted by Crippen LogP contribution is -2.11. The van der Waals surface area contributed by atoms with Crippen molar-refractivity contribution in [2.24, 2.45) is 0 Å². The van der Waals surface area contributed by atoms with Crippen molar-refractivity contribution in [3.8, 4) is 0 Å². The van der Waals surface area contributed by atoms with Crippen LogP contribution < -0.4 is 0 Å². The Bertz CT molecular complexity index is 299. The Morgan fingerprint density at radius 1 is 1.69 bits per heavy atom. The summed E-state index contributed by atoms with van der Waals surface area (Å²) in [7, 11) is 0. The molecule has 0 aromatic rings. The summed E-state index contributed by atoms with van der Waals surface area (Å²) in [6.07, 6.45) is 3.21. The van der Waals surface area contributed by atoms with Crippen LogP contribution in [0, 0.1) is 0 Å². The summed E-state index contributed by atoms with van der Waals surface area (Å²) >= 11 is 0. The number of allylic oxidation sites excluding steroid dienone is 3. The number of aliphatic hydroxyl groups excluding tert-OH is 1. The maximum absolute atomic E-state index is 11.0. The topological polar surface area (TPSA) is 63.6 Å². The fourth-order valence-electron chi connectivity index (χ4n) is 1.02. The second-order valence-corrected chi connectivity index (χ2v) is 2.52. The molecule has 0 amide bonds. The molecule has 0 saturated heterocycles. The van der Waals surface area contributed by atoms with Crippen LogP contribution in [0.25, 0.3) is 0 Å². The van der Waals surface area contributed by atoms with Gasteiger partial charge in [0.15, 0.2) is 5.78 Å². The average Bonchev–Trinajstić information content (AvgIpc) is 2.50. The van der Waals surface area contributed by atoms with Crippen LogP contribution in [0.2, 0.25) is 0 Å². The van der Waals surface area contributed by atoms with Gasteiger partial charge in [-0.15, -0.1) is 0 Å².